The summed E-state index contributed by atoms with van der Waals surface area (Å²) in [6.45, 7) is 26.3. The molecule has 9 nitrogen and oxygen atoms in total. The number of phenolic OH excluding ortho intramolecular Hbond substituents is 1. The molecular weight excluding hydrogens is 686 g/mol. The number of nitrogens with zero attached hydrogens (tertiary/aromatic N) is 1. The molecule has 0 bridgehead atoms. The van der Waals surface area contributed by atoms with Crippen molar-refractivity contribution in [2.24, 2.45) is 4.99 Å². The van der Waals surface area contributed by atoms with Gasteiger partial charge in [-0.25, -0.2) is 9.59 Å². The summed E-state index contributed by atoms with van der Waals surface area (Å²) in [5.74, 6) is 0.323. The Morgan fingerprint density at radius 2 is 1.28 bits per heavy atom. The quantitative estimate of drug-likeness (QED) is 0.103. The van der Waals surface area contributed by atoms with Crippen LogP contribution in [0.3, 0.4) is 0 Å². The molecule has 12 heteroatoms. The monoisotopic (exact) mass is 741 g/mol. The molecule has 3 heterocycles. The lowest BCUT2D eigenvalue weighted by molar-refractivity contribution is 0.0511. The van der Waals surface area contributed by atoms with Crippen molar-refractivity contribution in [1.82, 2.24) is 9.97 Å². The Morgan fingerprint density at radius 3 is 1.66 bits per heavy atom. The van der Waals surface area contributed by atoms with E-state index in [1.807, 2.05) is 36.6 Å². The number of phenols is 1. The number of aromatic nitrogens is 2. The molecule has 0 aliphatic carbocycles. The summed E-state index contributed by atoms with van der Waals surface area (Å²) in [6.07, 6.45) is 6.72. The van der Waals surface area contributed by atoms with Gasteiger partial charge in [0.1, 0.15) is 22.9 Å². The first-order chi connectivity index (χ1) is 23.1. The van der Waals surface area contributed by atoms with Crippen LogP contribution in [0.4, 0.5) is 0 Å². The number of halogens is 1. The van der Waals surface area contributed by atoms with Crippen molar-refractivity contribution >= 4 is 66.7 Å². The summed E-state index contributed by atoms with van der Waals surface area (Å²) in [5.41, 5.74) is 2.58. The lowest BCUT2D eigenvalue weighted by Crippen LogP contribution is -2.43. The zero-order valence-electron chi connectivity index (χ0n) is 31.8. The maximum atomic E-state index is 11.8. The summed E-state index contributed by atoms with van der Waals surface area (Å²) < 4.78 is 16.2. The first kappa shape index (κ1) is 42.4. The third-order valence-electron chi connectivity index (χ3n) is 8.69. The van der Waals surface area contributed by atoms with Crippen LogP contribution in [-0.2, 0) is 9.47 Å². The van der Waals surface area contributed by atoms with Gasteiger partial charge in [0.15, 0.2) is 7.38 Å². The average Bonchev–Trinajstić information content (AvgIpc) is 3.78. The standard InChI is InChI=1S/C17H25NO3Si.C11H11NO3.C6H15ClSi.C4H5N/c1-7-20-16(19)15-11-12-10-13(8-9-14(12)18-15)21-22(5,6)17(2,3)4;1-2-15-11(14)10-6-7-5-8(13)3-4-9(7)12-10;1-6(2,3)8(4,5)7;1-2-4-5-3-1/h8-11,18H,7H2,1-6H3;3-6,12-13H,2H2,1H3;1-5H3;1,3-4H,2H2. The van der Waals surface area contributed by atoms with E-state index >= 15 is 0 Å². The smallest absolute Gasteiger partial charge is 0.354 e. The topological polar surface area (TPSA) is 126 Å². The van der Waals surface area contributed by atoms with Crippen molar-refractivity contribution in [2.75, 3.05) is 13.2 Å². The zero-order valence-corrected chi connectivity index (χ0v) is 34.5. The lowest BCUT2D eigenvalue weighted by Gasteiger charge is -2.36. The van der Waals surface area contributed by atoms with Crippen LogP contribution in [0.5, 0.6) is 11.5 Å². The number of ether oxygens (including phenoxy) is 2. The minimum Gasteiger partial charge on any atom is -0.543 e. The molecule has 0 unspecified atom stereocenters. The van der Waals surface area contributed by atoms with Crippen LogP contribution >= 0.6 is 11.1 Å². The Bertz CT molecular complexity index is 1750. The van der Waals surface area contributed by atoms with Gasteiger partial charge in [0.25, 0.3) is 0 Å². The molecule has 0 fully saturated rings. The van der Waals surface area contributed by atoms with Crippen LogP contribution < -0.4 is 4.43 Å². The van der Waals surface area contributed by atoms with Crippen molar-refractivity contribution in [1.29, 1.82) is 0 Å². The van der Waals surface area contributed by atoms with E-state index in [0.717, 1.165) is 34.0 Å². The molecule has 0 spiro atoms. The molecule has 0 saturated heterocycles. The van der Waals surface area contributed by atoms with Gasteiger partial charge >= 0.3 is 11.9 Å². The Balaban J connectivity index is 0.000000265. The SMILES string of the molecule is C1=CN=CC1.CC(C)(C)[Si](C)(C)Cl.CCOC(=O)c1cc2cc(O)ccc2[nH]1.CCOC(=O)c1cc2cc(O[Si](C)(C)C(C)(C)C)ccc2[nH]1. The number of aliphatic imine (C=N–C) groups is 1. The van der Waals surface area contributed by atoms with Crippen molar-refractivity contribution in [3.63, 3.8) is 0 Å². The minimum absolute atomic E-state index is 0.149. The van der Waals surface area contributed by atoms with E-state index in [1.165, 1.54) is 0 Å². The minimum atomic E-state index is -1.86. The first-order valence-electron chi connectivity index (χ1n) is 16.9. The molecule has 0 radical (unpaired) electrons. The predicted molar refractivity (Wildman–Crippen MR) is 213 cm³/mol. The van der Waals surface area contributed by atoms with Crippen molar-refractivity contribution < 1.29 is 28.6 Å². The van der Waals surface area contributed by atoms with Gasteiger partial charge < -0.3 is 29.0 Å². The van der Waals surface area contributed by atoms with E-state index in [4.69, 9.17) is 25.0 Å². The largest absolute Gasteiger partial charge is 0.543 e. The highest BCUT2D eigenvalue weighted by atomic mass is 35.6. The van der Waals surface area contributed by atoms with Gasteiger partial charge in [-0.3, -0.25) is 4.99 Å². The number of carbonyl (C=O) groups is 2. The molecule has 50 heavy (non-hydrogen) atoms. The molecule has 0 amide bonds. The Hall–Kier alpha value is -3.81. The number of fused-ring (bicyclic) bond motifs is 2. The number of aromatic hydroxyl groups is 1. The van der Waals surface area contributed by atoms with E-state index < -0.39 is 15.7 Å². The van der Waals surface area contributed by atoms with E-state index in [0.29, 0.717) is 29.6 Å². The Morgan fingerprint density at radius 1 is 0.800 bits per heavy atom. The van der Waals surface area contributed by atoms with Crippen LogP contribution in [-0.4, -0.2) is 62.1 Å². The molecule has 1 aliphatic rings. The van der Waals surface area contributed by atoms with Crippen LogP contribution in [0.1, 0.15) is 82.8 Å². The molecule has 0 atom stereocenters. The van der Waals surface area contributed by atoms with E-state index in [9.17, 15) is 14.7 Å². The molecule has 2 aromatic heterocycles. The number of H-pyrrole nitrogens is 2. The van der Waals surface area contributed by atoms with Gasteiger partial charge in [0, 0.05) is 40.6 Å². The Kier molecular flexibility index (Phi) is 15.2. The van der Waals surface area contributed by atoms with Crippen LogP contribution in [0.2, 0.25) is 36.3 Å². The first-order valence-corrected chi connectivity index (χ1v) is 23.8. The van der Waals surface area contributed by atoms with Crippen molar-refractivity contribution in [2.45, 2.75) is 98.1 Å². The summed E-state index contributed by atoms with van der Waals surface area (Å²) in [4.78, 5) is 32.9. The van der Waals surface area contributed by atoms with Gasteiger partial charge in [-0.15, -0.1) is 0 Å². The summed E-state index contributed by atoms with van der Waals surface area (Å²) in [5, 5.41) is 11.5. The number of benzene rings is 2. The number of hydrogen-bond acceptors (Lipinski definition) is 7. The number of allylic oxidation sites excluding steroid dienone is 1. The lowest BCUT2D eigenvalue weighted by atomic mass is 10.2. The van der Waals surface area contributed by atoms with E-state index in [1.54, 1.807) is 44.3 Å². The fourth-order valence-electron chi connectivity index (χ4n) is 3.68. The molecule has 1 aliphatic heterocycles. The normalized spacial score (nSPS) is 12.7. The van der Waals surface area contributed by atoms with E-state index in [2.05, 4.69) is 82.7 Å². The van der Waals surface area contributed by atoms with Gasteiger partial charge in [0.2, 0.25) is 8.32 Å². The highest BCUT2D eigenvalue weighted by Crippen LogP contribution is 2.39. The zero-order chi connectivity index (χ0) is 37.9. The molecule has 4 aromatic rings. The maximum Gasteiger partial charge on any atom is 0.354 e. The number of hydrogen-bond donors (Lipinski definition) is 3. The van der Waals surface area contributed by atoms with Crippen LogP contribution in [0, 0.1) is 0 Å². The number of nitrogens with one attached hydrogen (secondary N) is 2. The van der Waals surface area contributed by atoms with Gasteiger partial charge in [-0.2, -0.15) is 11.1 Å². The second-order valence-electron chi connectivity index (χ2n) is 14.9. The number of rotatable bonds is 6. The summed E-state index contributed by atoms with van der Waals surface area (Å²) in [6, 6.07) is 14.2. The van der Waals surface area contributed by atoms with Gasteiger partial charge in [0.05, 0.1) is 13.2 Å². The third-order valence-corrected chi connectivity index (χ3v) is 18.3. The fraction of sp³-hybridized carbons (Fsp3) is 0.447. The van der Waals surface area contributed by atoms with Crippen LogP contribution in [0.15, 0.2) is 65.8 Å². The maximum absolute atomic E-state index is 11.8. The average molecular weight is 743 g/mol. The fourth-order valence-corrected chi connectivity index (χ4v) is 4.71. The summed E-state index contributed by atoms with van der Waals surface area (Å²) in [7, 11) is -3.25. The van der Waals surface area contributed by atoms with Gasteiger partial charge in [-0.05, 0) is 85.5 Å². The predicted octanol–water partition coefficient (Wildman–Crippen LogP) is 11.0. The molecule has 0 saturated carbocycles. The van der Waals surface area contributed by atoms with Crippen molar-refractivity contribution in [3.05, 3.63) is 72.2 Å². The second kappa shape index (κ2) is 17.9. The number of carbonyl (C=O) groups excluding carboxylic acids is 2. The summed E-state index contributed by atoms with van der Waals surface area (Å²) >= 11 is 6.15. The number of esters is 2. The third kappa shape index (κ3) is 12.8. The highest BCUT2D eigenvalue weighted by molar-refractivity contribution is 7.20. The Labute approximate surface area is 304 Å². The molecule has 5 rings (SSSR count). The van der Waals surface area contributed by atoms with Crippen molar-refractivity contribution in [3.8, 4) is 11.5 Å². The molecule has 3 N–H and O–H groups in total. The van der Waals surface area contributed by atoms with E-state index in [-0.39, 0.29) is 22.7 Å². The second-order valence-corrected chi connectivity index (χ2v) is 26.9. The number of aromatic amines is 2. The highest BCUT2D eigenvalue weighted by Gasteiger charge is 2.39. The molecule has 2 aromatic carbocycles. The van der Waals surface area contributed by atoms with Crippen LogP contribution in [0.25, 0.3) is 21.8 Å². The molecular formula is C38H56ClN3O6Si2. The van der Waals surface area contributed by atoms with Gasteiger partial charge in [-0.1, -0.05) is 60.7 Å². The molecule has 274 valence electrons.